The van der Waals surface area contributed by atoms with Crippen LogP contribution in [-0.2, 0) is 4.79 Å². The molecule has 2 aromatic heterocycles. The Bertz CT molecular complexity index is 1030. The van der Waals surface area contributed by atoms with Gasteiger partial charge in [-0.15, -0.1) is 0 Å². The minimum atomic E-state index is -0.104. The zero-order valence-electron chi connectivity index (χ0n) is 16.5. The fraction of sp³-hybridized carbons (Fsp3) is 0.318. The van der Waals surface area contributed by atoms with E-state index >= 15 is 0 Å². The Balaban J connectivity index is 1.37. The van der Waals surface area contributed by atoms with Crippen LogP contribution < -0.4 is 4.74 Å². The Morgan fingerprint density at radius 1 is 1.17 bits per heavy atom. The number of carbonyl (C=O) groups is 1. The highest BCUT2D eigenvalue weighted by Gasteiger charge is 2.28. The Labute approximate surface area is 178 Å². The minimum Gasteiger partial charge on any atom is -0.476 e. The van der Waals surface area contributed by atoms with E-state index in [1.165, 1.54) is 0 Å². The fourth-order valence-corrected chi connectivity index (χ4v) is 3.88. The number of amides is 1. The van der Waals surface area contributed by atoms with E-state index in [9.17, 15) is 4.79 Å². The summed E-state index contributed by atoms with van der Waals surface area (Å²) < 4.78 is 6.83. The number of halogens is 1. The van der Waals surface area contributed by atoms with Gasteiger partial charge in [0.2, 0.25) is 11.8 Å². The van der Waals surface area contributed by atoms with Crippen molar-refractivity contribution in [2.75, 3.05) is 33.3 Å². The van der Waals surface area contributed by atoms with Crippen LogP contribution in [0.15, 0.2) is 53.1 Å². The lowest BCUT2D eigenvalue weighted by Gasteiger charge is -2.37. The van der Waals surface area contributed by atoms with Crippen LogP contribution in [0.2, 0.25) is 0 Å². The molecular weight excluding hydrogens is 432 g/mol. The molecule has 1 atom stereocenters. The highest BCUT2D eigenvalue weighted by molar-refractivity contribution is 9.10. The first-order chi connectivity index (χ1) is 14.0. The number of benzene rings is 1. The van der Waals surface area contributed by atoms with E-state index < -0.39 is 0 Å². The first-order valence-corrected chi connectivity index (χ1v) is 10.4. The van der Waals surface area contributed by atoms with E-state index in [-0.39, 0.29) is 11.9 Å². The van der Waals surface area contributed by atoms with E-state index in [4.69, 9.17) is 9.72 Å². The van der Waals surface area contributed by atoms with Crippen molar-refractivity contribution in [3.05, 3.63) is 53.1 Å². The molecule has 1 saturated heterocycles. The highest BCUT2D eigenvalue weighted by Crippen LogP contribution is 2.24. The van der Waals surface area contributed by atoms with Gasteiger partial charge in [-0.25, -0.2) is 9.97 Å². The van der Waals surface area contributed by atoms with E-state index in [1.807, 2.05) is 44.3 Å². The van der Waals surface area contributed by atoms with Crippen molar-refractivity contribution in [1.82, 2.24) is 19.8 Å². The number of fused-ring (bicyclic) bond motifs is 1. The maximum Gasteiger partial charge on any atom is 0.239 e. The lowest BCUT2D eigenvalue weighted by atomic mass is 10.1. The van der Waals surface area contributed by atoms with Crippen LogP contribution in [0.25, 0.3) is 22.2 Å². The predicted octanol–water partition coefficient (Wildman–Crippen LogP) is 3.60. The van der Waals surface area contributed by atoms with Crippen molar-refractivity contribution in [3.63, 3.8) is 0 Å². The molecule has 0 spiro atoms. The molecule has 1 aliphatic heterocycles. The smallest absolute Gasteiger partial charge is 0.239 e. The summed E-state index contributed by atoms with van der Waals surface area (Å²) >= 11 is 3.49. The SMILES string of the molecule is C[C@@H]1C(=O)N(C)CCN1CCOc1ccc(-c2ccc3cc(Br)ccc3n2)cn1. The van der Waals surface area contributed by atoms with Crippen molar-refractivity contribution >= 4 is 32.7 Å². The molecule has 1 amide bonds. The van der Waals surface area contributed by atoms with Gasteiger partial charge in [-0.2, -0.15) is 0 Å². The summed E-state index contributed by atoms with van der Waals surface area (Å²) in [7, 11) is 1.85. The second kappa shape index (κ2) is 8.47. The molecule has 6 nitrogen and oxygen atoms in total. The van der Waals surface area contributed by atoms with Crippen LogP contribution in [0.4, 0.5) is 0 Å². The number of nitrogens with zero attached hydrogens (tertiary/aromatic N) is 4. The van der Waals surface area contributed by atoms with Gasteiger partial charge in [0, 0.05) is 54.4 Å². The van der Waals surface area contributed by atoms with Gasteiger partial charge in [-0.1, -0.05) is 22.0 Å². The summed E-state index contributed by atoms with van der Waals surface area (Å²) in [5.74, 6) is 0.737. The number of pyridine rings is 2. The molecule has 29 heavy (non-hydrogen) atoms. The van der Waals surface area contributed by atoms with Gasteiger partial charge in [0.05, 0.1) is 17.3 Å². The molecule has 0 radical (unpaired) electrons. The second-order valence-electron chi connectivity index (χ2n) is 7.24. The van der Waals surface area contributed by atoms with E-state index in [1.54, 1.807) is 11.1 Å². The average Bonchev–Trinajstić information content (AvgIpc) is 2.74. The van der Waals surface area contributed by atoms with E-state index in [0.717, 1.165) is 39.7 Å². The molecule has 3 heterocycles. The number of ether oxygens (including phenoxy) is 1. The monoisotopic (exact) mass is 454 g/mol. The molecule has 150 valence electrons. The number of piperazine rings is 1. The molecule has 0 aliphatic carbocycles. The number of rotatable bonds is 5. The topological polar surface area (TPSA) is 58.6 Å². The van der Waals surface area contributed by atoms with Gasteiger partial charge in [0.1, 0.15) is 6.61 Å². The van der Waals surface area contributed by atoms with Crippen molar-refractivity contribution < 1.29 is 9.53 Å². The van der Waals surface area contributed by atoms with Gasteiger partial charge in [0.25, 0.3) is 0 Å². The van der Waals surface area contributed by atoms with Crippen molar-refractivity contribution in [2.45, 2.75) is 13.0 Å². The molecule has 0 N–H and O–H groups in total. The first kappa shape index (κ1) is 19.8. The van der Waals surface area contributed by atoms with Crippen LogP contribution in [-0.4, -0.2) is 65.0 Å². The van der Waals surface area contributed by atoms with Crippen LogP contribution in [0.1, 0.15) is 6.92 Å². The summed E-state index contributed by atoms with van der Waals surface area (Å²) in [6, 6.07) is 13.8. The second-order valence-corrected chi connectivity index (χ2v) is 8.15. The molecule has 1 aromatic carbocycles. The Morgan fingerprint density at radius 3 is 2.83 bits per heavy atom. The lowest BCUT2D eigenvalue weighted by molar-refractivity contribution is -0.139. The van der Waals surface area contributed by atoms with Crippen LogP contribution in [0.3, 0.4) is 0 Å². The third kappa shape index (κ3) is 4.41. The van der Waals surface area contributed by atoms with Gasteiger partial charge >= 0.3 is 0 Å². The molecule has 0 unspecified atom stereocenters. The number of hydrogen-bond acceptors (Lipinski definition) is 5. The molecule has 0 bridgehead atoms. The summed E-state index contributed by atoms with van der Waals surface area (Å²) in [5.41, 5.74) is 2.77. The van der Waals surface area contributed by atoms with Crippen LogP contribution in [0.5, 0.6) is 5.88 Å². The molecule has 1 aliphatic rings. The van der Waals surface area contributed by atoms with Crippen molar-refractivity contribution in [2.24, 2.45) is 0 Å². The predicted molar refractivity (Wildman–Crippen MR) is 117 cm³/mol. The van der Waals surface area contributed by atoms with Gasteiger partial charge in [-0.05, 0) is 37.3 Å². The first-order valence-electron chi connectivity index (χ1n) is 9.66. The third-order valence-electron chi connectivity index (χ3n) is 5.32. The summed E-state index contributed by atoms with van der Waals surface area (Å²) in [4.78, 5) is 25.1. The number of likely N-dealkylation sites (N-methyl/N-ethyl adjacent to an activating group) is 1. The Morgan fingerprint density at radius 2 is 2.03 bits per heavy atom. The highest BCUT2D eigenvalue weighted by atomic mass is 79.9. The molecule has 3 aromatic rings. The maximum atomic E-state index is 12.1. The van der Waals surface area contributed by atoms with Crippen LogP contribution in [0, 0.1) is 0 Å². The third-order valence-corrected chi connectivity index (χ3v) is 5.81. The number of hydrogen-bond donors (Lipinski definition) is 0. The van der Waals surface area contributed by atoms with Gasteiger partial charge < -0.3 is 9.64 Å². The molecule has 7 heteroatoms. The normalized spacial score (nSPS) is 17.7. The molecule has 4 rings (SSSR count). The number of aromatic nitrogens is 2. The quantitative estimate of drug-likeness (QED) is 0.589. The largest absolute Gasteiger partial charge is 0.476 e. The zero-order chi connectivity index (χ0) is 20.4. The van der Waals surface area contributed by atoms with Crippen molar-refractivity contribution in [3.8, 4) is 17.1 Å². The number of carbonyl (C=O) groups excluding carboxylic acids is 1. The Kier molecular flexibility index (Phi) is 5.78. The molecule has 0 saturated carbocycles. The standard InChI is InChI=1S/C22H23BrN4O2/c1-15-22(28)26(2)9-10-27(15)11-12-29-21-8-4-17(14-24-21)20-6-3-16-13-18(23)5-7-19(16)25-20/h3-8,13-15H,9-12H2,1-2H3/t15-/m1/s1. The molecule has 1 fully saturated rings. The van der Waals surface area contributed by atoms with Crippen LogP contribution >= 0.6 is 15.9 Å². The van der Waals surface area contributed by atoms with E-state index in [2.05, 4.69) is 37.9 Å². The summed E-state index contributed by atoms with van der Waals surface area (Å²) in [6.07, 6.45) is 1.78. The Hall–Kier alpha value is -2.51. The van der Waals surface area contributed by atoms with Gasteiger partial charge in [-0.3, -0.25) is 9.69 Å². The fourth-order valence-electron chi connectivity index (χ4n) is 3.50. The van der Waals surface area contributed by atoms with Gasteiger partial charge in [0.15, 0.2) is 0 Å². The minimum absolute atomic E-state index is 0.104. The van der Waals surface area contributed by atoms with Crippen molar-refractivity contribution in [1.29, 1.82) is 0 Å². The lowest BCUT2D eigenvalue weighted by Crippen LogP contribution is -2.55. The molecular formula is C22H23BrN4O2. The van der Waals surface area contributed by atoms with E-state index in [0.29, 0.717) is 19.0 Å². The maximum absolute atomic E-state index is 12.1. The zero-order valence-corrected chi connectivity index (χ0v) is 18.1. The summed E-state index contributed by atoms with van der Waals surface area (Å²) in [6.45, 7) is 4.76. The summed E-state index contributed by atoms with van der Waals surface area (Å²) in [5, 5.41) is 1.09. The average molecular weight is 455 g/mol.